The number of aryl methyl sites for hydroxylation is 2. The largest absolute Gasteiger partial charge is 0.493 e. The summed E-state index contributed by atoms with van der Waals surface area (Å²) in [5.74, 6) is -1.67. The molecule has 3 rings (SSSR count). The number of azo groups is 1. The lowest BCUT2D eigenvalue weighted by Crippen LogP contribution is -2.28. The average Bonchev–Trinajstić information content (AvgIpc) is 3.18. The lowest BCUT2D eigenvalue weighted by Gasteiger charge is -1.99. The van der Waals surface area contributed by atoms with Crippen molar-refractivity contribution >= 4 is 28.4 Å². The van der Waals surface area contributed by atoms with E-state index < -0.39 is 11.8 Å². The Morgan fingerprint density at radius 1 is 1.32 bits per heavy atom. The van der Waals surface area contributed by atoms with Gasteiger partial charge in [0.2, 0.25) is 5.88 Å². The topological polar surface area (TPSA) is 120 Å². The molecule has 8 heteroatoms. The highest BCUT2D eigenvalue weighted by Gasteiger charge is 2.16. The Bertz CT molecular complexity index is 970. The molecule has 25 heavy (non-hydrogen) atoms. The number of nitrogens with zero attached hydrogens (tertiary/aromatic N) is 2. The third-order valence-corrected chi connectivity index (χ3v) is 3.64. The Morgan fingerprint density at radius 3 is 2.84 bits per heavy atom. The summed E-state index contributed by atoms with van der Waals surface area (Å²) in [6.07, 6.45) is 1.47. The minimum Gasteiger partial charge on any atom is -0.493 e. The number of carbonyl (C=O) groups excluding carboxylic acids is 2. The third kappa shape index (κ3) is 3.42. The van der Waals surface area contributed by atoms with Crippen molar-refractivity contribution in [3.8, 4) is 5.88 Å². The number of fused-ring (bicyclic) bond motifs is 1. The molecule has 0 fully saturated rings. The van der Waals surface area contributed by atoms with Crippen molar-refractivity contribution in [3.05, 3.63) is 47.4 Å². The Hall–Kier alpha value is -3.42. The predicted molar refractivity (Wildman–Crippen MR) is 89.5 cm³/mol. The van der Waals surface area contributed by atoms with Gasteiger partial charge in [0.15, 0.2) is 5.69 Å². The van der Waals surface area contributed by atoms with Crippen LogP contribution in [0.3, 0.4) is 0 Å². The van der Waals surface area contributed by atoms with Crippen molar-refractivity contribution in [2.45, 2.75) is 20.4 Å². The Balaban J connectivity index is 1.77. The number of rotatable bonds is 3. The molecule has 2 amide bonds. The number of carbonyl (C=O) groups is 2. The first-order valence-electron chi connectivity index (χ1n) is 7.54. The van der Waals surface area contributed by atoms with E-state index in [1.807, 2.05) is 26.0 Å². The summed E-state index contributed by atoms with van der Waals surface area (Å²) in [4.78, 5) is 26.3. The molecule has 0 unspecified atom stereocenters. The number of aromatic nitrogens is 1. The van der Waals surface area contributed by atoms with Gasteiger partial charge >= 0.3 is 11.8 Å². The third-order valence-electron chi connectivity index (χ3n) is 3.64. The molecule has 8 nitrogen and oxygen atoms in total. The molecular weight excluding hydrogens is 324 g/mol. The van der Waals surface area contributed by atoms with Gasteiger partial charge in [-0.1, -0.05) is 11.6 Å². The van der Waals surface area contributed by atoms with Crippen molar-refractivity contribution in [1.29, 1.82) is 0 Å². The lowest BCUT2D eigenvalue weighted by molar-refractivity contribution is -0.137. The summed E-state index contributed by atoms with van der Waals surface area (Å²) < 4.78 is 5.05. The number of aromatic amines is 1. The summed E-state index contributed by atoms with van der Waals surface area (Å²) in [5, 5.41) is 20.2. The number of hydrogen-bond acceptors (Lipinski definition) is 5. The van der Waals surface area contributed by atoms with E-state index >= 15 is 0 Å². The molecular formula is C17H16N4O4. The van der Waals surface area contributed by atoms with Gasteiger partial charge in [-0.2, -0.15) is 0 Å². The highest BCUT2D eigenvalue weighted by Crippen LogP contribution is 2.37. The number of benzene rings is 1. The van der Waals surface area contributed by atoms with Crippen LogP contribution >= 0.6 is 0 Å². The maximum atomic E-state index is 11.8. The second-order valence-corrected chi connectivity index (χ2v) is 5.59. The zero-order chi connectivity index (χ0) is 18.0. The van der Waals surface area contributed by atoms with Gasteiger partial charge in [0.25, 0.3) is 0 Å². The minimum atomic E-state index is -1.07. The maximum Gasteiger partial charge on any atom is 0.353 e. The van der Waals surface area contributed by atoms with Crippen LogP contribution in [-0.2, 0) is 16.1 Å². The van der Waals surface area contributed by atoms with E-state index in [1.165, 1.54) is 6.26 Å². The van der Waals surface area contributed by atoms with E-state index in [0.717, 1.165) is 11.1 Å². The standard InChI is InChI=1S/C17H16N4O4/c1-9-6-10(2)13-12(7-9)14(15(22)19-13)20-21-17(24)16(23)18-8-11-4-3-5-25-11/h3-7,19,22H,8H2,1-2H3,(H,18,23). The number of nitrogens with one attached hydrogen (secondary N) is 2. The van der Waals surface area contributed by atoms with E-state index in [1.54, 1.807) is 12.1 Å². The second-order valence-electron chi connectivity index (χ2n) is 5.59. The Morgan fingerprint density at radius 2 is 2.12 bits per heavy atom. The van der Waals surface area contributed by atoms with E-state index in [4.69, 9.17) is 4.42 Å². The molecule has 2 aromatic heterocycles. The molecule has 0 saturated heterocycles. The number of furan rings is 1. The summed E-state index contributed by atoms with van der Waals surface area (Å²) >= 11 is 0. The summed E-state index contributed by atoms with van der Waals surface area (Å²) in [6, 6.07) is 7.11. The maximum absolute atomic E-state index is 11.8. The van der Waals surface area contributed by atoms with Crippen LogP contribution in [0.1, 0.15) is 16.9 Å². The van der Waals surface area contributed by atoms with Crippen LogP contribution in [0.4, 0.5) is 5.69 Å². The zero-order valence-corrected chi connectivity index (χ0v) is 13.7. The Kier molecular flexibility index (Phi) is 4.34. The molecule has 0 aliphatic rings. The van der Waals surface area contributed by atoms with E-state index in [2.05, 4.69) is 20.5 Å². The summed E-state index contributed by atoms with van der Waals surface area (Å²) in [7, 11) is 0. The molecule has 0 aliphatic heterocycles. The molecule has 3 N–H and O–H groups in total. The molecule has 0 spiro atoms. The fourth-order valence-electron chi connectivity index (χ4n) is 2.52. The zero-order valence-electron chi connectivity index (χ0n) is 13.7. The number of aromatic hydroxyl groups is 1. The van der Waals surface area contributed by atoms with Crippen molar-refractivity contribution in [2.75, 3.05) is 0 Å². The summed E-state index contributed by atoms with van der Waals surface area (Å²) in [6.45, 7) is 3.87. The molecule has 128 valence electrons. The quantitative estimate of drug-likeness (QED) is 0.501. The molecule has 2 heterocycles. The van der Waals surface area contributed by atoms with Gasteiger partial charge in [-0.3, -0.25) is 9.59 Å². The van der Waals surface area contributed by atoms with Gasteiger partial charge in [0.1, 0.15) is 5.76 Å². The van der Waals surface area contributed by atoms with Crippen molar-refractivity contribution in [2.24, 2.45) is 10.2 Å². The molecule has 0 radical (unpaired) electrons. The first-order chi connectivity index (χ1) is 12.0. The van der Waals surface area contributed by atoms with Crippen molar-refractivity contribution in [1.82, 2.24) is 10.3 Å². The lowest BCUT2D eigenvalue weighted by atomic mass is 10.1. The number of hydrogen-bond donors (Lipinski definition) is 3. The van der Waals surface area contributed by atoms with E-state index in [0.29, 0.717) is 16.7 Å². The molecule has 0 atom stereocenters. The van der Waals surface area contributed by atoms with Gasteiger partial charge in [-0.15, -0.1) is 10.2 Å². The first kappa shape index (κ1) is 16.4. The fourth-order valence-corrected chi connectivity index (χ4v) is 2.52. The van der Waals surface area contributed by atoms with Gasteiger partial charge < -0.3 is 19.8 Å². The van der Waals surface area contributed by atoms with Crippen LogP contribution in [0.5, 0.6) is 5.88 Å². The van der Waals surface area contributed by atoms with Crippen LogP contribution in [0, 0.1) is 13.8 Å². The van der Waals surface area contributed by atoms with Gasteiger partial charge in [0, 0.05) is 5.39 Å². The molecule has 0 aliphatic carbocycles. The normalized spacial score (nSPS) is 11.3. The monoisotopic (exact) mass is 340 g/mol. The van der Waals surface area contributed by atoms with Crippen molar-refractivity contribution in [3.63, 3.8) is 0 Å². The molecule has 0 saturated carbocycles. The van der Waals surface area contributed by atoms with Crippen LogP contribution in [-0.4, -0.2) is 21.9 Å². The average molecular weight is 340 g/mol. The van der Waals surface area contributed by atoms with Gasteiger partial charge in [-0.25, -0.2) is 0 Å². The SMILES string of the molecule is Cc1cc(C)c2[nH]c(O)c(N=NC(=O)C(=O)NCc3ccco3)c2c1. The van der Waals surface area contributed by atoms with Crippen LogP contribution in [0.15, 0.2) is 45.2 Å². The highest BCUT2D eigenvalue weighted by molar-refractivity contribution is 6.35. The van der Waals surface area contributed by atoms with Crippen molar-refractivity contribution < 1.29 is 19.1 Å². The number of H-pyrrole nitrogens is 1. The van der Waals surface area contributed by atoms with Gasteiger partial charge in [-0.05, 0) is 37.6 Å². The summed E-state index contributed by atoms with van der Waals surface area (Å²) in [5.41, 5.74) is 2.72. The predicted octanol–water partition coefficient (Wildman–Crippen LogP) is 3.01. The van der Waals surface area contributed by atoms with Crippen LogP contribution in [0.25, 0.3) is 10.9 Å². The van der Waals surface area contributed by atoms with Gasteiger partial charge in [0.05, 0.1) is 18.3 Å². The molecule has 0 bridgehead atoms. The second kappa shape index (κ2) is 6.60. The molecule has 3 aromatic rings. The fraction of sp³-hybridized carbons (Fsp3) is 0.176. The highest BCUT2D eigenvalue weighted by atomic mass is 16.3. The van der Waals surface area contributed by atoms with Crippen LogP contribution in [0.2, 0.25) is 0 Å². The van der Waals surface area contributed by atoms with E-state index in [-0.39, 0.29) is 18.1 Å². The smallest absolute Gasteiger partial charge is 0.353 e. The first-order valence-corrected chi connectivity index (χ1v) is 7.54. The van der Waals surface area contributed by atoms with E-state index in [9.17, 15) is 14.7 Å². The molecule has 1 aromatic carbocycles. The minimum absolute atomic E-state index is 0.0732. The van der Waals surface area contributed by atoms with Crippen LogP contribution < -0.4 is 5.32 Å². The number of amides is 2. The Labute approximate surface area is 142 Å².